The van der Waals surface area contributed by atoms with Crippen LogP contribution in [0, 0.1) is 5.41 Å². The third-order valence-corrected chi connectivity index (χ3v) is 1.30. The van der Waals surface area contributed by atoms with Crippen LogP contribution in [0.5, 0.6) is 0 Å². The lowest BCUT2D eigenvalue weighted by Gasteiger charge is -2.23. The molecule has 0 heterocycles. The lowest BCUT2D eigenvalue weighted by atomic mass is 9.88. The summed E-state index contributed by atoms with van der Waals surface area (Å²) in [5.41, 5.74) is 5.01. The molecule has 60 valence electrons. The van der Waals surface area contributed by atoms with E-state index in [2.05, 4.69) is 4.74 Å². The van der Waals surface area contributed by atoms with Crippen molar-refractivity contribution in [1.29, 1.82) is 0 Å². The van der Waals surface area contributed by atoms with Crippen LogP contribution in [0.15, 0.2) is 0 Å². The first-order valence-electron chi connectivity index (χ1n) is 3.79. The molecular formula is C7H15NO2. The van der Waals surface area contributed by atoms with Crippen LogP contribution < -0.4 is 5.73 Å². The highest BCUT2D eigenvalue weighted by Crippen LogP contribution is 2.17. The highest BCUT2D eigenvalue weighted by atomic mass is 16.5. The summed E-state index contributed by atoms with van der Waals surface area (Å²) in [6.07, 6.45) is 0. The Morgan fingerprint density at radius 1 is 1.80 bits per heavy atom. The maximum Gasteiger partial charge on any atom is 0.323 e. The van der Waals surface area contributed by atoms with E-state index in [1.165, 1.54) is 7.11 Å². The molecule has 0 saturated carbocycles. The first kappa shape index (κ1) is 7.54. The van der Waals surface area contributed by atoms with Crippen molar-refractivity contribution in [2.75, 3.05) is 7.11 Å². The van der Waals surface area contributed by atoms with E-state index in [0.29, 0.717) is 0 Å². The predicted molar refractivity (Wildman–Crippen MR) is 39.4 cm³/mol. The molecule has 1 atom stereocenters. The van der Waals surface area contributed by atoms with Gasteiger partial charge in [0.05, 0.1) is 7.11 Å². The molecule has 3 heteroatoms. The van der Waals surface area contributed by atoms with E-state index < -0.39 is 17.4 Å². The maximum absolute atomic E-state index is 10.9. The molecule has 0 aliphatic carbocycles. The molecule has 0 aliphatic heterocycles. The molecule has 10 heavy (non-hydrogen) atoms. The van der Waals surface area contributed by atoms with Crippen LogP contribution in [0.1, 0.15) is 22.1 Å². The van der Waals surface area contributed by atoms with E-state index in [-0.39, 0.29) is 6.90 Å². The zero-order valence-electron chi connectivity index (χ0n) is 7.68. The number of hydrogen-bond donors (Lipinski definition) is 1. The number of hydrogen-bond acceptors (Lipinski definition) is 3. The van der Waals surface area contributed by atoms with Gasteiger partial charge in [-0.15, -0.1) is 0 Å². The molecule has 0 radical (unpaired) electrons. The van der Waals surface area contributed by atoms with E-state index in [1.807, 2.05) is 0 Å². The van der Waals surface area contributed by atoms with E-state index in [0.717, 1.165) is 0 Å². The molecule has 0 spiro atoms. The average molecular weight is 146 g/mol. The van der Waals surface area contributed by atoms with Gasteiger partial charge in [0.2, 0.25) is 0 Å². The van der Waals surface area contributed by atoms with Gasteiger partial charge in [-0.1, -0.05) is 20.7 Å². The Bertz CT molecular complexity index is 147. The van der Waals surface area contributed by atoms with Crippen LogP contribution in [0.25, 0.3) is 0 Å². The summed E-state index contributed by atoms with van der Waals surface area (Å²) in [7, 11) is 1.29. The molecule has 0 saturated heterocycles. The molecular weight excluding hydrogens is 130 g/mol. The lowest BCUT2D eigenvalue weighted by molar-refractivity contribution is -0.144. The Hall–Kier alpha value is -0.570. The monoisotopic (exact) mass is 146 g/mol. The number of carbonyl (C=O) groups is 1. The normalized spacial score (nSPS) is 15.8. The van der Waals surface area contributed by atoms with Gasteiger partial charge in [0, 0.05) is 1.37 Å². The fourth-order valence-electron chi connectivity index (χ4n) is 0.446. The average Bonchev–Trinajstić information content (AvgIpc) is 2.01. The van der Waals surface area contributed by atoms with Crippen LogP contribution in [0.2, 0.25) is 0 Å². The van der Waals surface area contributed by atoms with E-state index in [9.17, 15) is 4.79 Å². The molecule has 0 unspecified atom stereocenters. The topological polar surface area (TPSA) is 52.3 Å². The minimum Gasteiger partial charge on any atom is -0.468 e. The molecule has 0 aromatic carbocycles. The van der Waals surface area contributed by atoms with Gasteiger partial charge in [-0.2, -0.15) is 0 Å². The summed E-state index contributed by atoms with van der Waals surface area (Å²) in [6, 6.07) is -0.704. The van der Waals surface area contributed by atoms with E-state index >= 15 is 0 Å². The van der Waals surface area contributed by atoms with E-state index in [1.54, 1.807) is 13.8 Å². The van der Waals surface area contributed by atoms with E-state index in [4.69, 9.17) is 7.10 Å². The third kappa shape index (κ3) is 2.35. The molecule has 3 nitrogen and oxygen atoms in total. The number of nitrogens with two attached hydrogens (primary N) is 1. The van der Waals surface area contributed by atoms with Crippen LogP contribution >= 0.6 is 0 Å². The number of carbonyl (C=O) groups excluding carboxylic acids is 1. The van der Waals surface area contributed by atoms with Gasteiger partial charge in [0.1, 0.15) is 6.04 Å². The zero-order valence-corrected chi connectivity index (χ0v) is 6.68. The second kappa shape index (κ2) is 3.01. The Morgan fingerprint density at radius 3 is 2.60 bits per heavy atom. The van der Waals surface area contributed by atoms with Gasteiger partial charge < -0.3 is 10.5 Å². The number of rotatable bonds is 1. The highest BCUT2D eigenvalue weighted by molar-refractivity contribution is 5.76. The van der Waals surface area contributed by atoms with Gasteiger partial charge in [-0.25, -0.2) is 0 Å². The maximum atomic E-state index is 10.9. The Labute approximate surface area is 62.9 Å². The Balaban J connectivity index is 4.22. The number of ether oxygens (including phenoxy) is 1. The highest BCUT2D eigenvalue weighted by Gasteiger charge is 2.27. The van der Waals surface area contributed by atoms with Crippen LogP contribution in [0.4, 0.5) is 0 Å². The van der Waals surface area contributed by atoms with Crippen LogP contribution in [-0.2, 0) is 9.53 Å². The predicted octanol–water partition coefficient (Wildman–Crippen LogP) is 0.533. The van der Waals surface area contributed by atoms with Crippen molar-refractivity contribution in [3.63, 3.8) is 0 Å². The summed E-state index contributed by atoms with van der Waals surface area (Å²) in [5, 5.41) is 0. The molecule has 0 fully saturated rings. The standard InChI is InChI=1S/C7H15NO2/c1-7(2,3)5(8)6(9)10-4/h5H,8H2,1-4H3/t5-/m1/s1/i1D. The van der Waals surface area contributed by atoms with Crippen molar-refractivity contribution in [2.45, 2.75) is 26.8 Å². The minimum atomic E-state index is -0.704. The van der Waals surface area contributed by atoms with Gasteiger partial charge >= 0.3 is 5.97 Å². The summed E-state index contributed by atoms with van der Waals surface area (Å²) in [4.78, 5) is 10.9. The molecule has 0 aromatic heterocycles. The molecule has 0 rings (SSSR count). The fourth-order valence-corrected chi connectivity index (χ4v) is 0.446. The van der Waals surface area contributed by atoms with Crippen LogP contribution in [0.3, 0.4) is 0 Å². The Kier molecular flexibility index (Phi) is 2.27. The summed E-state index contributed by atoms with van der Waals surface area (Å²) in [6.45, 7) is 3.65. The number of esters is 1. The zero-order chi connectivity index (χ0) is 9.07. The largest absolute Gasteiger partial charge is 0.468 e. The molecule has 0 aromatic rings. The minimum absolute atomic E-state index is 0.114. The number of methoxy groups -OCH3 is 1. The second-order valence-electron chi connectivity index (χ2n) is 2.99. The first-order chi connectivity index (χ1) is 4.95. The van der Waals surface area contributed by atoms with Crippen molar-refractivity contribution >= 4 is 5.97 Å². The van der Waals surface area contributed by atoms with Gasteiger partial charge in [0.15, 0.2) is 0 Å². The van der Waals surface area contributed by atoms with Crippen molar-refractivity contribution in [3.8, 4) is 0 Å². The smallest absolute Gasteiger partial charge is 0.323 e. The molecule has 0 amide bonds. The van der Waals surface area contributed by atoms with Crippen molar-refractivity contribution in [3.05, 3.63) is 0 Å². The molecule has 0 aliphatic rings. The van der Waals surface area contributed by atoms with Gasteiger partial charge in [0.25, 0.3) is 0 Å². The summed E-state index contributed by atoms with van der Waals surface area (Å²) >= 11 is 0. The Morgan fingerprint density at radius 2 is 2.30 bits per heavy atom. The van der Waals surface area contributed by atoms with Crippen molar-refractivity contribution < 1.29 is 10.9 Å². The second-order valence-corrected chi connectivity index (χ2v) is 2.99. The third-order valence-electron chi connectivity index (χ3n) is 1.30. The lowest BCUT2D eigenvalue weighted by Crippen LogP contribution is -2.42. The summed E-state index contributed by atoms with van der Waals surface area (Å²) < 4.78 is 11.6. The van der Waals surface area contributed by atoms with Crippen LogP contribution in [-0.4, -0.2) is 19.1 Å². The quantitative estimate of drug-likeness (QED) is 0.549. The SMILES string of the molecule is [2H]CC(C)(C)[C@H](N)C(=O)OC. The fraction of sp³-hybridized carbons (Fsp3) is 0.857. The molecule has 0 bridgehead atoms. The summed E-state index contributed by atoms with van der Waals surface area (Å²) in [5.74, 6) is -0.456. The van der Waals surface area contributed by atoms with Gasteiger partial charge in [-0.05, 0) is 5.41 Å². The first-order valence-corrected chi connectivity index (χ1v) is 3.08. The van der Waals surface area contributed by atoms with Gasteiger partial charge in [-0.3, -0.25) is 4.79 Å². The molecule has 2 N–H and O–H groups in total. The van der Waals surface area contributed by atoms with Crippen molar-refractivity contribution in [1.82, 2.24) is 0 Å². The van der Waals surface area contributed by atoms with Crippen molar-refractivity contribution in [2.24, 2.45) is 11.1 Å².